The molecule has 1 aliphatic carbocycles. The topological polar surface area (TPSA) is 46.3 Å². The minimum atomic E-state index is -0.128. The molecular formula is C24H40N2O. The summed E-state index contributed by atoms with van der Waals surface area (Å²) in [5.41, 5.74) is 11.9. The van der Waals surface area contributed by atoms with Crippen LogP contribution in [0.2, 0.25) is 0 Å². The molecule has 0 saturated carbocycles. The Morgan fingerprint density at radius 2 is 1.70 bits per heavy atom. The minimum absolute atomic E-state index is 0.0240. The van der Waals surface area contributed by atoms with Crippen molar-refractivity contribution in [2.45, 2.75) is 84.0 Å². The fraction of sp³-hybridized carbons (Fsp3) is 0.708. The second-order valence-corrected chi connectivity index (χ2v) is 8.61. The lowest BCUT2D eigenvalue weighted by Crippen LogP contribution is -2.26. The number of carbonyl (C=O) groups is 1. The normalized spacial score (nSPS) is 15.0. The quantitative estimate of drug-likeness (QED) is 0.542. The van der Waals surface area contributed by atoms with E-state index < -0.39 is 0 Å². The fourth-order valence-electron chi connectivity index (χ4n) is 4.44. The average Bonchev–Trinajstić information content (AvgIpc) is 2.65. The van der Waals surface area contributed by atoms with Crippen molar-refractivity contribution < 1.29 is 4.79 Å². The molecule has 0 saturated heterocycles. The Morgan fingerprint density at radius 1 is 1.04 bits per heavy atom. The maximum atomic E-state index is 12.1. The lowest BCUT2D eigenvalue weighted by atomic mass is 9.81. The van der Waals surface area contributed by atoms with Gasteiger partial charge in [0.15, 0.2) is 0 Å². The Kier molecular flexibility index (Phi) is 9.33. The molecule has 2 rings (SSSR count). The highest BCUT2D eigenvalue weighted by Gasteiger charge is 2.21. The molecule has 0 aromatic heterocycles. The summed E-state index contributed by atoms with van der Waals surface area (Å²) in [6, 6.07) is 4.65. The summed E-state index contributed by atoms with van der Waals surface area (Å²) >= 11 is 0. The molecule has 0 heterocycles. The molecule has 3 heteroatoms. The maximum Gasteiger partial charge on any atom is 0.220 e. The van der Waals surface area contributed by atoms with Crippen LogP contribution in [0, 0.1) is 5.92 Å². The highest BCUT2D eigenvalue weighted by molar-refractivity contribution is 5.77. The minimum Gasteiger partial charge on any atom is -0.369 e. The first kappa shape index (κ1) is 21.9. The van der Waals surface area contributed by atoms with Crippen LogP contribution in [0.25, 0.3) is 0 Å². The van der Waals surface area contributed by atoms with Gasteiger partial charge < -0.3 is 10.6 Å². The molecule has 0 spiro atoms. The van der Waals surface area contributed by atoms with Gasteiger partial charge in [-0.05, 0) is 101 Å². The molecular weight excluding hydrogens is 332 g/mol. The van der Waals surface area contributed by atoms with Gasteiger partial charge in [-0.25, -0.2) is 0 Å². The van der Waals surface area contributed by atoms with E-state index in [0.717, 1.165) is 32.2 Å². The largest absolute Gasteiger partial charge is 0.369 e. The highest BCUT2D eigenvalue weighted by atomic mass is 16.1. The van der Waals surface area contributed by atoms with E-state index in [0.29, 0.717) is 0 Å². The van der Waals surface area contributed by atoms with Crippen molar-refractivity contribution in [3.05, 3.63) is 34.4 Å². The number of nitrogens with zero attached hydrogens (tertiary/aromatic N) is 1. The van der Waals surface area contributed by atoms with Crippen molar-refractivity contribution in [2.24, 2.45) is 11.7 Å². The summed E-state index contributed by atoms with van der Waals surface area (Å²) in [7, 11) is 4.19. The predicted octanol–water partition coefficient (Wildman–Crippen LogP) is 4.67. The van der Waals surface area contributed by atoms with Crippen LogP contribution in [0.15, 0.2) is 12.1 Å². The zero-order valence-electron chi connectivity index (χ0n) is 17.9. The second kappa shape index (κ2) is 11.5. The van der Waals surface area contributed by atoms with Gasteiger partial charge in [0, 0.05) is 5.92 Å². The Labute approximate surface area is 166 Å². The summed E-state index contributed by atoms with van der Waals surface area (Å²) in [6.07, 6.45) is 14.0. The van der Waals surface area contributed by atoms with Gasteiger partial charge in [0.1, 0.15) is 0 Å². The molecule has 2 N–H and O–H groups in total. The molecule has 3 nitrogen and oxygen atoms in total. The van der Waals surface area contributed by atoms with E-state index in [1.54, 1.807) is 16.7 Å². The van der Waals surface area contributed by atoms with E-state index in [9.17, 15) is 4.79 Å². The zero-order chi connectivity index (χ0) is 19.6. The molecule has 0 fully saturated rings. The number of hydrogen-bond donors (Lipinski definition) is 1. The Morgan fingerprint density at radius 3 is 2.33 bits per heavy atom. The first-order chi connectivity index (χ1) is 13.0. The first-order valence-corrected chi connectivity index (χ1v) is 11.1. The first-order valence-electron chi connectivity index (χ1n) is 11.1. The van der Waals surface area contributed by atoms with Gasteiger partial charge in [-0.1, -0.05) is 38.3 Å². The molecule has 0 unspecified atom stereocenters. The molecule has 0 aliphatic heterocycles. The van der Waals surface area contributed by atoms with Gasteiger partial charge in [-0.2, -0.15) is 0 Å². The Hall–Kier alpha value is -1.35. The van der Waals surface area contributed by atoms with E-state index in [1.165, 1.54) is 56.9 Å². The van der Waals surface area contributed by atoms with Gasteiger partial charge in [-0.15, -0.1) is 0 Å². The van der Waals surface area contributed by atoms with Crippen LogP contribution in [0.4, 0.5) is 0 Å². The van der Waals surface area contributed by atoms with Crippen LogP contribution >= 0.6 is 0 Å². The summed E-state index contributed by atoms with van der Waals surface area (Å²) in [4.78, 5) is 14.3. The van der Waals surface area contributed by atoms with Crippen molar-refractivity contribution in [1.29, 1.82) is 0 Å². The molecule has 27 heavy (non-hydrogen) atoms. The number of hydrogen-bond acceptors (Lipinski definition) is 2. The number of nitrogens with two attached hydrogens (primary N) is 1. The summed E-state index contributed by atoms with van der Waals surface area (Å²) in [6.45, 7) is 3.34. The van der Waals surface area contributed by atoms with Gasteiger partial charge >= 0.3 is 0 Å². The standard InChI is InChI=1S/C24H40N2O/c1-4-5-6-11-19-15-16-20(23-14-8-7-13-22(19)23)18-21(24(25)27)12-9-10-17-26(2)3/h15-16,21H,4-14,17-18H2,1-3H3,(H2,25,27)/t21-/m0/s1. The lowest BCUT2D eigenvalue weighted by Gasteiger charge is -2.24. The third-order valence-electron chi connectivity index (χ3n) is 6.06. The molecule has 1 aromatic rings. The van der Waals surface area contributed by atoms with E-state index in [2.05, 4.69) is 38.1 Å². The predicted molar refractivity (Wildman–Crippen MR) is 115 cm³/mol. The van der Waals surface area contributed by atoms with Crippen LogP contribution in [0.3, 0.4) is 0 Å². The van der Waals surface area contributed by atoms with E-state index in [-0.39, 0.29) is 11.8 Å². The number of aryl methyl sites for hydroxylation is 1. The Balaban J connectivity index is 2.07. The van der Waals surface area contributed by atoms with Gasteiger partial charge in [-0.3, -0.25) is 4.79 Å². The van der Waals surface area contributed by atoms with E-state index >= 15 is 0 Å². The number of carbonyl (C=O) groups excluding carboxylic acids is 1. The van der Waals surface area contributed by atoms with E-state index in [4.69, 9.17) is 5.73 Å². The molecule has 1 aliphatic rings. The molecule has 152 valence electrons. The summed E-state index contributed by atoms with van der Waals surface area (Å²) in [5.74, 6) is -0.152. The number of primary amides is 1. The molecule has 0 bridgehead atoms. The van der Waals surface area contributed by atoms with Gasteiger partial charge in [0.05, 0.1) is 0 Å². The van der Waals surface area contributed by atoms with Crippen LogP contribution in [-0.4, -0.2) is 31.4 Å². The number of amides is 1. The fourth-order valence-corrected chi connectivity index (χ4v) is 4.44. The highest BCUT2D eigenvalue weighted by Crippen LogP contribution is 2.31. The Bertz CT molecular complexity index is 594. The summed E-state index contributed by atoms with van der Waals surface area (Å²) < 4.78 is 0. The number of rotatable bonds is 12. The number of fused-ring (bicyclic) bond motifs is 1. The van der Waals surface area contributed by atoms with Crippen molar-refractivity contribution in [3.63, 3.8) is 0 Å². The van der Waals surface area contributed by atoms with Gasteiger partial charge in [0.2, 0.25) is 5.91 Å². The molecule has 1 aromatic carbocycles. The van der Waals surface area contributed by atoms with Crippen LogP contribution in [0.5, 0.6) is 0 Å². The molecule has 1 amide bonds. The monoisotopic (exact) mass is 372 g/mol. The van der Waals surface area contributed by atoms with Crippen LogP contribution in [0.1, 0.15) is 80.5 Å². The average molecular weight is 373 g/mol. The maximum absolute atomic E-state index is 12.1. The zero-order valence-corrected chi connectivity index (χ0v) is 17.9. The van der Waals surface area contributed by atoms with Crippen molar-refractivity contribution in [1.82, 2.24) is 4.90 Å². The van der Waals surface area contributed by atoms with Crippen LogP contribution in [-0.2, 0) is 30.5 Å². The van der Waals surface area contributed by atoms with Gasteiger partial charge in [0.25, 0.3) is 0 Å². The smallest absolute Gasteiger partial charge is 0.220 e. The molecule has 1 atom stereocenters. The van der Waals surface area contributed by atoms with Crippen molar-refractivity contribution in [3.8, 4) is 0 Å². The third kappa shape index (κ3) is 6.95. The van der Waals surface area contributed by atoms with E-state index in [1.807, 2.05) is 0 Å². The van der Waals surface area contributed by atoms with Crippen LogP contribution < -0.4 is 5.73 Å². The molecule has 0 radical (unpaired) electrons. The summed E-state index contributed by atoms with van der Waals surface area (Å²) in [5, 5.41) is 0. The number of unbranched alkanes of at least 4 members (excludes halogenated alkanes) is 3. The third-order valence-corrected chi connectivity index (χ3v) is 6.06. The lowest BCUT2D eigenvalue weighted by molar-refractivity contribution is -0.122. The van der Waals surface area contributed by atoms with Crippen molar-refractivity contribution in [2.75, 3.05) is 20.6 Å². The number of benzene rings is 1. The van der Waals surface area contributed by atoms with Crippen molar-refractivity contribution >= 4 is 5.91 Å². The second-order valence-electron chi connectivity index (χ2n) is 8.61. The SMILES string of the molecule is CCCCCc1ccc(C[C@H](CCCCN(C)C)C(N)=O)c2c1CCCC2.